The Hall–Kier alpha value is -2.42. The van der Waals surface area contributed by atoms with E-state index in [9.17, 15) is 9.59 Å². The lowest BCUT2D eigenvalue weighted by atomic mass is 9.99. The van der Waals surface area contributed by atoms with Gasteiger partial charge in [0.05, 0.1) is 6.42 Å². The van der Waals surface area contributed by atoms with E-state index in [1.807, 2.05) is 12.1 Å². The highest BCUT2D eigenvalue weighted by Crippen LogP contribution is 2.15. The first-order chi connectivity index (χ1) is 11.9. The number of carbonyl (C=O) groups excluding carboxylic acids is 1. The van der Waals surface area contributed by atoms with Crippen LogP contribution in [-0.4, -0.2) is 16.9 Å². The number of Topliss-reactive ketones (excluding diaryl/α,β-unsaturated/α-hetero) is 1. The topological polar surface area (TPSA) is 54.4 Å². The third-order valence-corrected chi connectivity index (χ3v) is 3.85. The molecule has 0 saturated heterocycles. The monoisotopic (exact) mass is 340 g/mol. The predicted molar refractivity (Wildman–Crippen MR) is 102 cm³/mol. The Bertz CT molecular complexity index is 643. The number of benzene rings is 2. The van der Waals surface area contributed by atoms with Crippen LogP contribution in [0.3, 0.4) is 0 Å². The highest BCUT2D eigenvalue weighted by molar-refractivity contribution is 5.97. The molecule has 0 radical (unpaired) electrons. The van der Waals surface area contributed by atoms with E-state index in [2.05, 4.69) is 51.1 Å². The molecule has 0 saturated carbocycles. The van der Waals surface area contributed by atoms with Gasteiger partial charge in [0.15, 0.2) is 5.78 Å². The van der Waals surface area contributed by atoms with Gasteiger partial charge in [0.25, 0.3) is 0 Å². The second-order valence-corrected chi connectivity index (χ2v) is 6.33. The van der Waals surface area contributed by atoms with Gasteiger partial charge in [-0.2, -0.15) is 0 Å². The van der Waals surface area contributed by atoms with Gasteiger partial charge in [0.1, 0.15) is 0 Å². The minimum atomic E-state index is -0.938. The van der Waals surface area contributed by atoms with Gasteiger partial charge in [-0.05, 0) is 23.5 Å². The summed E-state index contributed by atoms with van der Waals surface area (Å²) in [5.74, 6) is -0.618. The zero-order chi connectivity index (χ0) is 18.7. The van der Waals surface area contributed by atoms with Gasteiger partial charge >= 0.3 is 5.97 Å². The summed E-state index contributed by atoms with van der Waals surface area (Å²) in [6.07, 6.45) is 2.41. The van der Waals surface area contributed by atoms with Crippen LogP contribution >= 0.6 is 0 Å². The van der Waals surface area contributed by atoms with Gasteiger partial charge in [0, 0.05) is 12.0 Å². The molecule has 3 heteroatoms. The summed E-state index contributed by atoms with van der Waals surface area (Å²) in [4.78, 5) is 21.9. The number of aliphatic carboxylic acids is 1. The molecule has 2 aromatic carbocycles. The molecule has 0 atom stereocenters. The Morgan fingerprint density at radius 3 is 2.00 bits per heavy atom. The fourth-order valence-corrected chi connectivity index (χ4v) is 2.35. The summed E-state index contributed by atoms with van der Waals surface area (Å²) in [5.41, 5.74) is 3.21. The van der Waals surface area contributed by atoms with Crippen LogP contribution in [0.2, 0.25) is 0 Å². The van der Waals surface area contributed by atoms with Gasteiger partial charge < -0.3 is 5.11 Å². The smallest absolute Gasteiger partial charge is 0.303 e. The number of carbonyl (C=O) groups is 2. The summed E-state index contributed by atoms with van der Waals surface area (Å²) in [5, 5.41) is 8.47. The van der Waals surface area contributed by atoms with Crippen molar-refractivity contribution in [3.05, 3.63) is 71.3 Å². The van der Waals surface area contributed by atoms with Crippen LogP contribution in [0, 0.1) is 0 Å². The van der Waals surface area contributed by atoms with Crippen LogP contribution in [0.25, 0.3) is 0 Å². The molecule has 0 aliphatic carbocycles. The normalized spacial score (nSPS) is 10.1. The van der Waals surface area contributed by atoms with Crippen LogP contribution in [0.4, 0.5) is 0 Å². The van der Waals surface area contributed by atoms with E-state index in [1.54, 1.807) is 12.1 Å². The first-order valence-corrected chi connectivity index (χ1v) is 8.83. The van der Waals surface area contributed by atoms with Crippen LogP contribution in [0.5, 0.6) is 0 Å². The Morgan fingerprint density at radius 2 is 1.52 bits per heavy atom. The molecule has 134 valence electrons. The molecule has 0 spiro atoms. The first-order valence-electron chi connectivity index (χ1n) is 8.83. The summed E-state index contributed by atoms with van der Waals surface area (Å²) < 4.78 is 0. The minimum Gasteiger partial charge on any atom is -0.481 e. The molecule has 0 aliphatic heterocycles. The number of carboxylic acid groups (broad SMARTS) is 1. The van der Waals surface area contributed by atoms with Crippen molar-refractivity contribution in [3.8, 4) is 0 Å². The van der Waals surface area contributed by atoms with Crippen LogP contribution < -0.4 is 0 Å². The molecule has 2 aromatic rings. The van der Waals surface area contributed by atoms with E-state index in [4.69, 9.17) is 5.11 Å². The quantitative estimate of drug-likeness (QED) is 0.677. The van der Waals surface area contributed by atoms with Crippen LogP contribution in [-0.2, 0) is 11.2 Å². The number of rotatable bonds is 7. The molecule has 25 heavy (non-hydrogen) atoms. The highest BCUT2D eigenvalue weighted by Gasteiger charge is 2.08. The maximum atomic E-state index is 11.6. The molecule has 1 N–H and O–H groups in total. The fraction of sp³-hybridized carbons (Fsp3) is 0.364. The van der Waals surface area contributed by atoms with Gasteiger partial charge in [-0.25, -0.2) is 0 Å². The Labute approximate surface area is 150 Å². The molecular formula is C22H28O3. The predicted octanol–water partition coefficient (Wildman–Crippen LogP) is 5.50. The van der Waals surface area contributed by atoms with Crippen LogP contribution in [0.15, 0.2) is 54.6 Å². The first kappa shape index (κ1) is 20.6. The molecule has 0 amide bonds. The maximum Gasteiger partial charge on any atom is 0.303 e. The van der Waals surface area contributed by atoms with Crippen molar-refractivity contribution in [2.45, 2.75) is 52.4 Å². The highest BCUT2D eigenvalue weighted by atomic mass is 16.4. The largest absolute Gasteiger partial charge is 0.481 e. The molecule has 0 bridgehead atoms. The van der Waals surface area contributed by atoms with E-state index < -0.39 is 5.97 Å². The van der Waals surface area contributed by atoms with Crippen molar-refractivity contribution in [2.24, 2.45) is 0 Å². The minimum absolute atomic E-state index is 0.0658. The number of hydrogen-bond acceptors (Lipinski definition) is 2. The summed E-state index contributed by atoms with van der Waals surface area (Å²) in [6.45, 7) is 6.37. The summed E-state index contributed by atoms with van der Waals surface area (Å²) in [6, 6.07) is 17.9. The molecule has 0 heterocycles. The van der Waals surface area contributed by atoms with Crippen molar-refractivity contribution in [1.82, 2.24) is 0 Å². The van der Waals surface area contributed by atoms with Gasteiger partial charge in [-0.15, -0.1) is 0 Å². The molecule has 0 aromatic heterocycles. The zero-order valence-electron chi connectivity index (χ0n) is 15.4. The van der Waals surface area contributed by atoms with Crippen LogP contribution in [0.1, 0.15) is 67.4 Å². The van der Waals surface area contributed by atoms with Gasteiger partial charge in [-0.1, -0.05) is 81.8 Å². The number of ketones is 1. The third-order valence-electron chi connectivity index (χ3n) is 3.85. The van der Waals surface area contributed by atoms with Crippen molar-refractivity contribution < 1.29 is 14.7 Å². The number of hydrogen-bond donors (Lipinski definition) is 1. The average molecular weight is 340 g/mol. The van der Waals surface area contributed by atoms with Crippen molar-refractivity contribution >= 4 is 11.8 Å². The third kappa shape index (κ3) is 8.30. The Balaban J connectivity index is 0.000000293. The lowest BCUT2D eigenvalue weighted by Crippen LogP contribution is -2.03. The lowest BCUT2D eigenvalue weighted by molar-refractivity contribution is -0.136. The second kappa shape index (κ2) is 11.2. The fourth-order valence-electron chi connectivity index (χ4n) is 2.35. The SMILES string of the molecule is CC(C)c1ccc(C(=O)CCC(=O)O)cc1.CCCc1ccccc1. The van der Waals surface area contributed by atoms with Crippen molar-refractivity contribution in [1.29, 1.82) is 0 Å². The van der Waals surface area contributed by atoms with Crippen molar-refractivity contribution in [3.63, 3.8) is 0 Å². The molecule has 0 aliphatic rings. The van der Waals surface area contributed by atoms with E-state index in [0.29, 0.717) is 11.5 Å². The van der Waals surface area contributed by atoms with E-state index in [1.165, 1.54) is 24.0 Å². The standard InChI is InChI=1S/C13H16O3.C9H12/c1-9(2)10-3-5-11(6-4-10)12(14)7-8-13(15)16;1-2-6-9-7-4-3-5-8-9/h3-6,9H,7-8H2,1-2H3,(H,15,16);3-5,7-8H,2,6H2,1H3. The zero-order valence-corrected chi connectivity index (χ0v) is 15.4. The van der Waals surface area contributed by atoms with Gasteiger partial charge in [0.2, 0.25) is 0 Å². The van der Waals surface area contributed by atoms with Crippen molar-refractivity contribution in [2.75, 3.05) is 0 Å². The second-order valence-electron chi connectivity index (χ2n) is 6.33. The summed E-state index contributed by atoms with van der Waals surface area (Å²) in [7, 11) is 0. The Morgan fingerprint density at radius 1 is 0.920 bits per heavy atom. The van der Waals surface area contributed by atoms with E-state index >= 15 is 0 Å². The summed E-state index contributed by atoms with van der Waals surface area (Å²) >= 11 is 0. The van der Waals surface area contributed by atoms with E-state index in [0.717, 1.165) is 0 Å². The number of aryl methyl sites for hydroxylation is 1. The molecular weight excluding hydrogens is 312 g/mol. The maximum absolute atomic E-state index is 11.6. The molecule has 3 nitrogen and oxygen atoms in total. The number of carboxylic acids is 1. The van der Waals surface area contributed by atoms with Gasteiger partial charge in [-0.3, -0.25) is 9.59 Å². The molecule has 0 fully saturated rings. The average Bonchev–Trinajstić information content (AvgIpc) is 2.61. The van der Waals surface area contributed by atoms with E-state index in [-0.39, 0.29) is 18.6 Å². The molecule has 0 unspecified atom stereocenters. The lowest BCUT2D eigenvalue weighted by Gasteiger charge is -2.05. The molecule has 2 rings (SSSR count). The Kier molecular flexibility index (Phi) is 9.23.